The molecule has 0 aliphatic carbocycles. The molecule has 0 atom stereocenters. The Morgan fingerprint density at radius 1 is 0.828 bits per heavy atom. The molecular weight excluding hydrogens is 371 g/mol. The number of carbonyl (C=O) groups excluding carboxylic acids is 2. The number of benzene rings is 3. The number of hydrogen-bond acceptors (Lipinski definition) is 3. The number of rotatable bonds is 7. The van der Waals surface area contributed by atoms with E-state index in [-0.39, 0.29) is 24.2 Å². The summed E-state index contributed by atoms with van der Waals surface area (Å²) in [6, 6.07) is 20.1. The molecule has 6 heteroatoms. The van der Waals surface area contributed by atoms with Gasteiger partial charge in [-0.05, 0) is 61.0 Å². The number of amides is 2. The van der Waals surface area contributed by atoms with Crippen LogP contribution in [0.4, 0.5) is 4.39 Å². The minimum absolute atomic E-state index is 0.0987. The first-order valence-electron chi connectivity index (χ1n) is 9.13. The summed E-state index contributed by atoms with van der Waals surface area (Å²) in [6.07, 6.45) is 0. The maximum absolute atomic E-state index is 12.9. The van der Waals surface area contributed by atoms with Crippen LogP contribution in [0.1, 0.15) is 21.5 Å². The summed E-state index contributed by atoms with van der Waals surface area (Å²) >= 11 is 0. The number of aryl methyl sites for hydroxylation is 1. The monoisotopic (exact) mass is 392 g/mol. The molecule has 0 spiro atoms. The van der Waals surface area contributed by atoms with E-state index in [4.69, 9.17) is 4.74 Å². The summed E-state index contributed by atoms with van der Waals surface area (Å²) < 4.78 is 18.5. The smallest absolute Gasteiger partial charge is 0.251 e. The van der Waals surface area contributed by atoms with E-state index < -0.39 is 0 Å². The van der Waals surface area contributed by atoms with Gasteiger partial charge >= 0.3 is 0 Å². The summed E-state index contributed by atoms with van der Waals surface area (Å²) in [4.78, 5) is 24.0. The maximum atomic E-state index is 12.9. The van der Waals surface area contributed by atoms with E-state index >= 15 is 0 Å². The molecule has 2 N–H and O–H groups in total. The first kappa shape index (κ1) is 20.1. The van der Waals surface area contributed by atoms with Gasteiger partial charge in [-0.15, -0.1) is 0 Å². The Hall–Kier alpha value is -3.67. The van der Waals surface area contributed by atoms with Gasteiger partial charge < -0.3 is 15.4 Å². The molecule has 0 heterocycles. The van der Waals surface area contributed by atoms with Crippen LogP contribution in [0.15, 0.2) is 72.8 Å². The predicted octanol–water partition coefficient (Wildman–Crippen LogP) is 3.97. The molecule has 29 heavy (non-hydrogen) atoms. The van der Waals surface area contributed by atoms with E-state index in [0.717, 1.165) is 11.1 Å². The Morgan fingerprint density at radius 3 is 2.03 bits per heavy atom. The van der Waals surface area contributed by atoms with Crippen LogP contribution < -0.4 is 15.4 Å². The first-order chi connectivity index (χ1) is 14.0. The largest absolute Gasteiger partial charge is 0.457 e. The number of hydrogen-bond donors (Lipinski definition) is 2. The minimum Gasteiger partial charge on any atom is -0.457 e. The molecule has 0 aliphatic rings. The average Bonchev–Trinajstić information content (AvgIpc) is 2.73. The molecule has 0 saturated heterocycles. The van der Waals surface area contributed by atoms with Crippen molar-refractivity contribution in [2.75, 3.05) is 6.54 Å². The van der Waals surface area contributed by atoms with Gasteiger partial charge in [0.2, 0.25) is 5.91 Å². The molecule has 3 rings (SSSR count). The quantitative estimate of drug-likeness (QED) is 0.639. The molecule has 3 aromatic carbocycles. The molecule has 0 aromatic heterocycles. The van der Waals surface area contributed by atoms with Crippen LogP contribution in [-0.2, 0) is 11.3 Å². The van der Waals surface area contributed by atoms with Crippen molar-refractivity contribution in [1.29, 1.82) is 0 Å². The highest BCUT2D eigenvalue weighted by Gasteiger charge is 2.08. The normalized spacial score (nSPS) is 10.3. The summed E-state index contributed by atoms with van der Waals surface area (Å²) in [6.45, 7) is 2.17. The SMILES string of the molecule is Cc1ccc(C(=O)NCC(=O)NCc2ccc(Oc3ccc(F)cc3)cc2)cc1. The van der Waals surface area contributed by atoms with E-state index in [2.05, 4.69) is 10.6 Å². The number of carbonyl (C=O) groups is 2. The fourth-order valence-corrected chi connectivity index (χ4v) is 2.54. The van der Waals surface area contributed by atoms with Crippen LogP contribution in [0.5, 0.6) is 11.5 Å². The van der Waals surface area contributed by atoms with Gasteiger partial charge in [0.1, 0.15) is 17.3 Å². The zero-order valence-corrected chi connectivity index (χ0v) is 15.9. The standard InChI is InChI=1S/C23H21FN2O3/c1-16-2-6-18(7-3-16)23(28)26-15-22(27)25-14-17-4-10-20(11-5-17)29-21-12-8-19(24)9-13-21/h2-13H,14-15H2,1H3,(H,25,27)(H,26,28). The lowest BCUT2D eigenvalue weighted by atomic mass is 10.1. The maximum Gasteiger partial charge on any atom is 0.251 e. The van der Waals surface area contributed by atoms with Crippen molar-refractivity contribution in [1.82, 2.24) is 10.6 Å². The summed E-state index contributed by atoms with van der Waals surface area (Å²) in [5.41, 5.74) is 2.46. The lowest BCUT2D eigenvalue weighted by Gasteiger charge is -2.09. The predicted molar refractivity (Wildman–Crippen MR) is 108 cm³/mol. The van der Waals surface area contributed by atoms with Gasteiger partial charge in [0.25, 0.3) is 5.91 Å². The highest BCUT2D eigenvalue weighted by atomic mass is 19.1. The zero-order chi connectivity index (χ0) is 20.6. The van der Waals surface area contributed by atoms with Gasteiger partial charge in [0, 0.05) is 12.1 Å². The van der Waals surface area contributed by atoms with Gasteiger partial charge in [-0.25, -0.2) is 4.39 Å². The third-order valence-electron chi connectivity index (χ3n) is 4.19. The molecule has 5 nitrogen and oxygen atoms in total. The molecule has 0 saturated carbocycles. The number of ether oxygens (including phenoxy) is 1. The molecule has 0 radical (unpaired) electrons. The van der Waals surface area contributed by atoms with E-state index in [1.807, 2.05) is 31.2 Å². The second-order valence-corrected chi connectivity index (χ2v) is 6.53. The van der Waals surface area contributed by atoms with Gasteiger partial charge in [-0.2, -0.15) is 0 Å². The van der Waals surface area contributed by atoms with Gasteiger partial charge in [-0.3, -0.25) is 9.59 Å². The van der Waals surface area contributed by atoms with E-state index in [1.165, 1.54) is 12.1 Å². The Kier molecular flexibility index (Phi) is 6.58. The van der Waals surface area contributed by atoms with Crippen molar-refractivity contribution in [2.45, 2.75) is 13.5 Å². The van der Waals surface area contributed by atoms with Crippen LogP contribution in [-0.4, -0.2) is 18.4 Å². The van der Waals surface area contributed by atoms with Crippen LogP contribution in [0.25, 0.3) is 0 Å². The van der Waals surface area contributed by atoms with Crippen molar-refractivity contribution < 1.29 is 18.7 Å². The second kappa shape index (κ2) is 9.50. The molecule has 3 aromatic rings. The van der Waals surface area contributed by atoms with Crippen LogP contribution in [0.2, 0.25) is 0 Å². The zero-order valence-electron chi connectivity index (χ0n) is 15.9. The number of nitrogens with one attached hydrogen (secondary N) is 2. The van der Waals surface area contributed by atoms with E-state index in [9.17, 15) is 14.0 Å². The first-order valence-corrected chi connectivity index (χ1v) is 9.13. The topological polar surface area (TPSA) is 67.4 Å². The third-order valence-corrected chi connectivity index (χ3v) is 4.19. The highest BCUT2D eigenvalue weighted by molar-refractivity contribution is 5.96. The molecule has 0 bridgehead atoms. The Morgan fingerprint density at radius 2 is 1.41 bits per heavy atom. The lowest BCUT2D eigenvalue weighted by Crippen LogP contribution is -2.36. The summed E-state index contributed by atoms with van der Waals surface area (Å²) in [7, 11) is 0. The fourth-order valence-electron chi connectivity index (χ4n) is 2.54. The fraction of sp³-hybridized carbons (Fsp3) is 0.130. The van der Waals surface area contributed by atoms with Gasteiger partial charge in [0.15, 0.2) is 0 Å². The molecule has 0 fully saturated rings. The van der Waals surface area contributed by atoms with Crippen molar-refractivity contribution in [3.8, 4) is 11.5 Å². The van der Waals surface area contributed by atoms with Crippen LogP contribution in [0.3, 0.4) is 0 Å². The molecule has 2 amide bonds. The Balaban J connectivity index is 1.43. The Bertz CT molecular complexity index is 969. The van der Waals surface area contributed by atoms with Crippen molar-refractivity contribution in [3.05, 3.63) is 95.3 Å². The van der Waals surface area contributed by atoms with Crippen molar-refractivity contribution >= 4 is 11.8 Å². The summed E-state index contributed by atoms with van der Waals surface area (Å²) in [5.74, 6) is 0.256. The summed E-state index contributed by atoms with van der Waals surface area (Å²) in [5, 5.41) is 5.35. The van der Waals surface area contributed by atoms with Gasteiger partial charge in [-0.1, -0.05) is 29.8 Å². The lowest BCUT2D eigenvalue weighted by molar-refractivity contribution is -0.120. The minimum atomic E-state index is -0.321. The van der Waals surface area contributed by atoms with Gasteiger partial charge in [0.05, 0.1) is 6.54 Å². The Labute approximate surface area is 168 Å². The van der Waals surface area contributed by atoms with Crippen LogP contribution in [0, 0.1) is 12.7 Å². The number of halogens is 1. The second-order valence-electron chi connectivity index (χ2n) is 6.53. The average molecular weight is 392 g/mol. The van der Waals surface area contributed by atoms with E-state index in [1.54, 1.807) is 36.4 Å². The van der Waals surface area contributed by atoms with Crippen LogP contribution >= 0.6 is 0 Å². The van der Waals surface area contributed by atoms with E-state index in [0.29, 0.717) is 23.6 Å². The highest BCUT2D eigenvalue weighted by Crippen LogP contribution is 2.21. The molecule has 148 valence electrons. The third kappa shape index (κ3) is 6.17. The van der Waals surface area contributed by atoms with Crippen molar-refractivity contribution in [3.63, 3.8) is 0 Å². The molecule has 0 aliphatic heterocycles. The molecule has 0 unspecified atom stereocenters. The molecular formula is C23H21FN2O3. The van der Waals surface area contributed by atoms with Crippen molar-refractivity contribution in [2.24, 2.45) is 0 Å².